The standard InChI is InChI=1S/C22H27FN2O2S/c1-16-9-13-28-21(16)15-25(12-6-17-2-4-19(23)5-3-17)22(26)27-20-14-24-10-7-18(20)8-11-24/h2-5,9,13,18,20H,6-8,10-12,14-15H2,1H3/t20-/m0/s1. The number of benzene rings is 1. The Morgan fingerprint density at radius 1 is 1.25 bits per heavy atom. The van der Waals surface area contributed by atoms with Crippen LogP contribution in [-0.4, -0.2) is 48.2 Å². The fourth-order valence-corrected chi connectivity index (χ4v) is 5.06. The van der Waals surface area contributed by atoms with Gasteiger partial charge in [-0.1, -0.05) is 12.1 Å². The van der Waals surface area contributed by atoms with Crippen LogP contribution in [0.2, 0.25) is 0 Å². The van der Waals surface area contributed by atoms with Crippen LogP contribution in [0.15, 0.2) is 35.7 Å². The second-order valence-corrected chi connectivity index (χ2v) is 8.89. The fraction of sp³-hybridized carbons (Fsp3) is 0.500. The summed E-state index contributed by atoms with van der Waals surface area (Å²) in [7, 11) is 0. The fourth-order valence-electron chi connectivity index (χ4n) is 4.14. The van der Waals surface area contributed by atoms with Crippen LogP contribution in [-0.2, 0) is 17.7 Å². The molecule has 5 rings (SSSR count). The number of ether oxygens (including phenoxy) is 1. The molecule has 0 unspecified atom stereocenters. The molecule has 1 atom stereocenters. The molecule has 3 aliphatic heterocycles. The third-order valence-corrected chi connectivity index (χ3v) is 7.00. The van der Waals surface area contributed by atoms with Crippen LogP contribution in [0.1, 0.15) is 28.8 Å². The molecule has 0 spiro atoms. The predicted octanol–water partition coefficient (Wildman–Crippen LogP) is 4.47. The summed E-state index contributed by atoms with van der Waals surface area (Å²) in [5, 5.41) is 2.06. The normalized spacial score (nSPS) is 23.6. The number of fused-ring (bicyclic) bond motifs is 3. The highest BCUT2D eigenvalue weighted by Gasteiger charge is 2.37. The zero-order valence-electron chi connectivity index (χ0n) is 16.3. The van der Waals surface area contributed by atoms with Crippen LogP contribution in [0, 0.1) is 18.7 Å². The number of aryl methyl sites for hydroxylation is 1. The summed E-state index contributed by atoms with van der Waals surface area (Å²) >= 11 is 1.67. The van der Waals surface area contributed by atoms with Gasteiger partial charge < -0.3 is 9.64 Å². The number of piperidine rings is 3. The van der Waals surface area contributed by atoms with Crippen molar-refractivity contribution in [3.63, 3.8) is 0 Å². The summed E-state index contributed by atoms with van der Waals surface area (Å²) in [6, 6.07) is 8.57. The van der Waals surface area contributed by atoms with E-state index in [2.05, 4.69) is 23.3 Å². The van der Waals surface area contributed by atoms with Gasteiger partial charge in [0.1, 0.15) is 11.9 Å². The maximum absolute atomic E-state index is 13.2. The van der Waals surface area contributed by atoms with Crippen molar-refractivity contribution in [3.8, 4) is 0 Å². The number of amides is 1. The first-order valence-electron chi connectivity index (χ1n) is 10.0. The van der Waals surface area contributed by atoms with E-state index in [0.29, 0.717) is 25.4 Å². The summed E-state index contributed by atoms with van der Waals surface area (Å²) in [5.41, 5.74) is 2.22. The van der Waals surface area contributed by atoms with Crippen molar-refractivity contribution in [1.82, 2.24) is 9.80 Å². The first-order valence-corrected chi connectivity index (χ1v) is 10.9. The van der Waals surface area contributed by atoms with Crippen LogP contribution in [0.4, 0.5) is 9.18 Å². The topological polar surface area (TPSA) is 32.8 Å². The molecule has 0 aliphatic carbocycles. The number of halogens is 1. The third kappa shape index (κ3) is 4.55. The Morgan fingerprint density at radius 3 is 2.61 bits per heavy atom. The summed E-state index contributed by atoms with van der Waals surface area (Å²) < 4.78 is 19.1. The summed E-state index contributed by atoms with van der Waals surface area (Å²) in [4.78, 5) is 18.4. The Labute approximate surface area is 169 Å². The molecule has 3 aliphatic rings. The van der Waals surface area contributed by atoms with Crippen molar-refractivity contribution in [3.05, 3.63) is 57.5 Å². The number of hydrogen-bond acceptors (Lipinski definition) is 4. The molecule has 150 valence electrons. The van der Waals surface area contributed by atoms with Crippen LogP contribution in [0.25, 0.3) is 0 Å². The maximum Gasteiger partial charge on any atom is 0.410 e. The Kier molecular flexibility index (Phi) is 5.97. The lowest BCUT2D eigenvalue weighted by molar-refractivity contribution is -0.0441. The third-order valence-electron chi connectivity index (χ3n) is 5.99. The molecule has 3 fully saturated rings. The molecule has 2 aromatic rings. The molecule has 2 bridgehead atoms. The Bertz CT molecular complexity index is 799. The molecule has 0 N–H and O–H groups in total. The first kappa shape index (κ1) is 19.4. The predicted molar refractivity (Wildman–Crippen MR) is 109 cm³/mol. The number of hydrogen-bond donors (Lipinski definition) is 0. The second-order valence-electron chi connectivity index (χ2n) is 7.89. The monoisotopic (exact) mass is 402 g/mol. The number of thiophene rings is 1. The van der Waals surface area contributed by atoms with Crippen molar-refractivity contribution < 1.29 is 13.9 Å². The minimum absolute atomic E-state index is 0.00718. The van der Waals surface area contributed by atoms with Gasteiger partial charge in [0, 0.05) is 18.0 Å². The Morgan fingerprint density at radius 2 is 2.00 bits per heavy atom. The van der Waals surface area contributed by atoms with Gasteiger partial charge in [-0.3, -0.25) is 4.90 Å². The van der Waals surface area contributed by atoms with Crippen molar-refractivity contribution in [2.75, 3.05) is 26.2 Å². The van der Waals surface area contributed by atoms with E-state index in [0.717, 1.165) is 38.0 Å². The number of nitrogens with zero attached hydrogens (tertiary/aromatic N) is 2. The highest BCUT2D eigenvalue weighted by molar-refractivity contribution is 7.10. The molecule has 4 heterocycles. The zero-order chi connectivity index (χ0) is 19.5. The lowest BCUT2D eigenvalue weighted by Gasteiger charge is -2.44. The summed E-state index contributed by atoms with van der Waals surface area (Å²) in [6.07, 6.45) is 2.70. The van der Waals surface area contributed by atoms with Gasteiger partial charge in [-0.15, -0.1) is 11.3 Å². The van der Waals surface area contributed by atoms with E-state index in [1.54, 1.807) is 28.4 Å². The lowest BCUT2D eigenvalue weighted by Crippen LogP contribution is -2.53. The number of carbonyl (C=O) groups is 1. The van der Waals surface area contributed by atoms with E-state index < -0.39 is 0 Å². The van der Waals surface area contributed by atoms with Gasteiger partial charge >= 0.3 is 6.09 Å². The Balaban J connectivity index is 1.43. The van der Waals surface area contributed by atoms with Crippen molar-refractivity contribution in [1.29, 1.82) is 0 Å². The molecule has 1 amide bonds. The number of rotatable bonds is 6. The van der Waals surface area contributed by atoms with Crippen LogP contribution in [0.3, 0.4) is 0 Å². The van der Waals surface area contributed by atoms with Gasteiger partial charge in [0.25, 0.3) is 0 Å². The average molecular weight is 403 g/mol. The van der Waals surface area contributed by atoms with Gasteiger partial charge in [0.15, 0.2) is 0 Å². The number of carbonyl (C=O) groups excluding carboxylic acids is 1. The van der Waals surface area contributed by atoms with E-state index >= 15 is 0 Å². The molecule has 4 nitrogen and oxygen atoms in total. The molecular formula is C22H27FN2O2S. The molecule has 6 heteroatoms. The largest absolute Gasteiger partial charge is 0.444 e. The van der Waals surface area contributed by atoms with E-state index in [1.165, 1.54) is 22.6 Å². The van der Waals surface area contributed by atoms with Crippen LogP contribution < -0.4 is 0 Å². The Hall–Kier alpha value is -1.92. The van der Waals surface area contributed by atoms with Gasteiger partial charge in [-0.2, -0.15) is 0 Å². The molecule has 28 heavy (non-hydrogen) atoms. The van der Waals surface area contributed by atoms with E-state index in [9.17, 15) is 9.18 Å². The minimum atomic E-state index is -0.239. The quantitative estimate of drug-likeness (QED) is 0.715. The molecule has 0 saturated carbocycles. The van der Waals surface area contributed by atoms with E-state index in [4.69, 9.17) is 4.74 Å². The molecule has 1 aromatic heterocycles. The van der Waals surface area contributed by atoms with E-state index in [1.807, 2.05) is 0 Å². The molecular weight excluding hydrogens is 375 g/mol. The summed E-state index contributed by atoms with van der Waals surface area (Å²) in [6.45, 7) is 6.30. The van der Waals surface area contributed by atoms with Gasteiger partial charge in [-0.25, -0.2) is 9.18 Å². The average Bonchev–Trinajstić information content (AvgIpc) is 3.12. The first-order chi connectivity index (χ1) is 13.6. The van der Waals surface area contributed by atoms with Crippen molar-refractivity contribution in [2.45, 2.75) is 38.8 Å². The smallest absolute Gasteiger partial charge is 0.410 e. The molecule has 1 aromatic carbocycles. The summed E-state index contributed by atoms with van der Waals surface area (Å²) in [5.74, 6) is 0.257. The van der Waals surface area contributed by atoms with Gasteiger partial charge in [0.2, 0.25) is 0 Å². The lowest BCUT2D eigenvalue weighted by atomic mass is 9.86. The molecule has 0 radical (unpaired) electrons. The SMILES string of the molecule is Cc1ccsc1CN(CCc1ccc(F)cc1)C(=O)O[C@H]1CN2CCC1CC2. The van der Waals surface area contributed by atoms with Crippen molar-refractivity contribution in [2.24, 2.45) is 5.92 Å². The highest BCUT2D eigenvalue weighted by atomic mass is 32.1. The van der Waals surface area contributed by atoms with E-state index in [-0.39, 0.29) is 18.0 Å². The van der Waals surface area contributed by atoms with Crippen LogP contribution >= 0.6 is 11.3 Å². The molecule has 3 saturated heterocycles. The van der Waals surface area contributed by atoms with Crippen molar-refractivity contribution >= 4 is 17.4 Å². The van der Waals surface area contributed by atoms with Crippen LogP contribution in [0.5, 0.6) is 0 Å². The highest BCUT2D eigenvalue weighted by Crippen LogP contribution is 2.30. The maximum atomic E-state index is 13.2. The zero-order valence-corrected chi connectivity index (χ0v) is 17.1. The minimum Gasteiger partial charge on any atom is -0.444 e. The van der Waals surface area contributed by atoms with Gasteiger partial charge in [-0.05, 0) is 79.9 Å². The second kappa shape index (κ2) is 8.62. The van der Waals surface area contributed by atoms with Gasteiger partial charge in [0.05, 0.1) is 6.54 Å².